The van der Waals surface area contributed by atoms with Crippen LogP contribution in [-0.4, -0.2) is 55.0 Å². The molecule has 2 rings (SSSR count). The molecule has 4 nitrogen and oxygen atoms in total. The Morgan fingerprint density at radius 3 is 2.62 bits per heavy atom. The van der Waals surface area contributed by atoms with Gasteiger partial charge in [0.1, 0.15) is 0 Å². The minimum Gasteiger partial charge on any atom is -0.341 e. The number of unbranched alkanes of at least 4 members (excludes halogenated alkanes) is 2. The van der Waals surface area contributed by atoms with Gasteiger partial charge in [-0.2, -0.15) is 0 Å². The average molecular weight is 295 g/mol. The first-order valence-corrected chi connectivity index (χ1v) is 8.93. The van der Waals surface area contributed by atoms with Crippen molar-refractivity contribution in [1.82, 2.24) is 9.80 Å². The first kappa shape index (κ1) is 16.8. The molecular formula is C17H33N3O. The van der Waals surface area contributed by atoms with E-state index >= 15 is 0 Å². The fraction of sp³-hybridized carbons (Fsp3) is 0.941. The molecule has 1 aliphatic carbocycles. The molecule has 4 heteroatoms. The molecule has 0 radical (unpaired) electrons. The highest BCUT2D eigenvalue weighted by Gasteiger charge is 2.33. The zero-order chi connectivity index (χ0) is 15.1. The van der Waals surface area contributed by atoms with Crippen LogP contribution < -0.4 is 5.73 Å². The van der Waals surface area contributed by atoms with E-state index < -0.39 is 0 Å². The van der Waals surface area contributed by atoms with Crippen molar-refractivity contribution >= 4 is 5.91 Å². The van der Waals surface area contributed by atoms with E-state index in [0.29, 0.717) is 17.7 Å². The summed E-state index contributed by atoms with van der Waals surface area (Å²) in [5.41, 5.74) is 5.54. The van der Waals surface area contributed by atoms with Crippen molar-refractivity contribution < 1.29 is 4.79 Å². The molecule has 1 saturated heterocycles. The molecule has 1 aliphatic heterocycles. The van der Waals surface area contributed by atoms with Crippen LogP contribution in [0.4, 0.5) is 0 Å². The number of amides is 1. The topological polar surface area (TPSA) is 49.6 Å². The molecule has 2 aliphatic rings. The Kier molecular flexibility index (Phi) is 6.97. The third-order valence-corrected chi connectivity index (χ3v) is 5.26. The summed E-state index contributed by atoms with van der Waals surface area (Å²) in [4.78, 5) is 17.3. The van der Waals surface area contributed by atoms with Gasteiger partial charge >= 0.3 is 0 Å². The van der Waals surface area contributed by atoms with Crippen molar-refractivity contribution in [1.29, 1.82) is 0 Å². The van der Waals surface area contributed by atoms with Crippen molar-refractivity contribution in [3.8, 4) is 0 Å². The molecule has 1 amide bonds. The minimum atomic E-state index is 0.307. The Bertz CT molecular complexity index is 321. The molecule has 122 valence electrons. The Morgan fingerprint density at radius 1 is 1.05 bits per heavy atom. The molecular weight excluding hydrogens is 262 g/mol. The largest absolute Gasteiger partial charge is 0.341 e. The van der Waals surface area contributed by atoms with Crippen molar-refractivity contribution in [3.05, 3.63) is 0 Å². The monoisotopic (exact) mass is 295 g/mol. The molecule has 0 aromatic heterocycles. The summed E-state index contributed by atoms with van der Waals surface area (Å²) >= 11 is 0. The van der Waals surface area contributed by atoms with E-state index in [-0.39, 0.29) is 0 Å². The Balaban J connectivity index is 1.73. The SMILES string of the molecule is CC1CCCC1C(=O)N1CCCN(CCCCCN)CC1. The number of nitrogens with zero attached hydrogens (tertiary/aromatic N) is 2. The normalized spacial score (nSPS) is 27.8. The van der Waals surface area contributed by atoms with Crippen LogP contribution in [-0.2, 0) is 4.79 Å². The quantitative estimate of drug-likeness (QED) is 0.763. The second kappa shape index (κ2) is 8.74. The van der Waals surface area contributed by atoms with Crippen molar-refractivity contribution in [2.24, 2.45) is 17.6 Å². The van der Waals surface area contributed by atoms with Crippen LogP contribution in [0.3, 0.4) is 0 Å². The van der Waals surface area contributed by atoms with Crippen LogP contribution in [0.1, 0.15) is 51.9 Å². The highest BCUT2D eigenvalue weighted by atomic mass is 16.2. The van der Waals surface area contributed by atoms with Crippen LogP contribution in [0.5, 0.6) is 0 Å². The maximum Gasteiger partial charge on any atom is 0.225 e. The highest BCUT2D eigenvalue weighted by Crippen LogP contribution is 2.32. The highest BCUT2D eigenvalue weighted by molar-refractivity contribution is 5.79. The molecule has 2 atom stereocenters. The van der Waals surface area contributed by atoms with Crippen molar-refractivity contribution in [2.45, 2.75) is 51.9 Å². The van der Waals surface area contributed by atoms with E-state index in [1.54, 1.807) is 0 Å². The summed E-state index contributed by atoms with van der Waals surface area (Å²) in [7, 11) is 0. The number of nitrogens with two attached hydrogens (primary N) is 1. The van der Waals surface area contributed by atoms with E-state index in [1.165, 1.54) is 32.2 Å². The molecule has 0 bridgehead atoms. The molecule has 2 N–H and O–H groups in total. The van der Waals surface area contributed by atoms with E-state index in [4.69, 9.17) is 5.73 Å². The standard InChI is InChI=1S/C17H33N3O/c1-15-7-5-8-16(15)17(21)20-12-6-11-19(13-14-20)10-4-2-3-9-18/h15-16H,2-14,18H2,1H3. The van der Waals surface area contributed by atoms with E-state index in [0.717, 1.165) is 52.0 Å². The minimum absolute atomic E-state index is 0.307. The van der Waals surface area contributed by atoms with Gasteiger partial charge in [0, 0.05) is 25.6 Å². The molecule has 2 unspecified atom stereocenters. The summed E-state index contributed by atoms with van der Waals surface area (Å²) in [5, 5.41) is 0. The van der Waals surface area contributed by atoms with Gasteiger partial charge in [0.05, 0.1) is 0 Å². The second-order valence-corrected chi connectivity index (χ2v) is 6.88. The number of hydrogen-bond acceptors (Lipinski definition) is 3. The van der Waals surface area contributed by atoms with Crippen LogP contribution >= 0.6 is 0 Å². The van der Waals surface area contributed by atoms with Gasteiger partial charge in [-0.15, -0.1) is 0 Å². The van der Waals surface area contributed by atoms with Crippen molar-refractivity contribution in [3.63, 3.8) is 0 Å². The smallest absolute Gasteiger partial charge is 0.225 e. The zero-order valence-corrected chi connectivity index (χ0v) is 13.7. The lowest BCUT2D eigenvalue weighted by Gasteiger charge is -2.26. The molecule has 0 aromatic carbocycles. The van der Waals surface area contributed by atoms with Gasteiger partial charge in [0.25, 0.3) is 0 Å². The average Bonchev–Trinajstić information content (AvgIpc) is 2.77. The first-order valence-electron chi connectivity index (χ1n) is 8.93. The fourth-order valence-corrected chi connectivity index (χ4v) is 3.82. The number of carbonyl (C=O) groups is 1. The van der Waals surface area contributed by atoms with Gasteiger partial charge in [-0.3, -0.25) is 4.79 Å². The summed E-state index contributed by atoms with van der Waals surface area (Å²) < 4.78 is 0. The van der Waals surface area contributed by atoms with Crippen LogP contribution in [0, 0.1) is 11.8 Å². The maximum absolute atomic E-state index is 12.7. The molecule has 2 fully saturated rings. The number of carbonyl (C=O) groups excluding carboxylic acids is 1. The molecule has 1 heterocycles. The van der Waals surface area contributed by atoms with E-state index in [2.05, 4.69) is 16.7 Å². The second-order valence-electron chi connectivity index (χ2n) is 6.88. The molecule has 1 saturated carbocycles. The Hall–Kier alpha value is -0.610. The van der Waals surface area contributed by atoms with Gasteiger partial charge in [0.2, 0.25) is 5.91 Å². The van der Waals surface area contributed by atoms with Crippen molar-refractivity contribution in [2.75, 3.05) is 39.3 Å². The van der Waals surface area contributed by atoms with Crippen LogP contribution in [0.2, 0.25) is 0 Å². The van der Waals surface area contributed by atoms with E-state index in [9.17, 15) is 4.79 Å². The van der Waals surface area contributed by atoms with Gasteiger partial charge in [-0.05, 0) is 57.7 Å². The maximum atomic E-state index is 12.7. The molecule has 0 aromatic rings. The summed E-state index contributed by atoms with van der Waals surface area (Å²) in [5.74, 6) is 1.33. The van der Waals surface area contributed by atoms with Gasteiger partial charge in [0.15, 0.2) is 0 Å². The summed E-state index contributed by atoms with van der Waals surface area (Å²) in [6, 6.07) is 0. The lowest BCUT2D eigenvalue weighted by atomic mass is 9.96. The third-order valence-electron chi connectivity index (χ3n) is 5.26. The number of hydrogen-bond donors (Lipinski definition) is 1. The van der Waals surface area contributed by atoms with Gasteiger partial charge in [-0.25, -0.2) is 0 Å². The zero-order valence-electron chi connectivity index (χ0n) is 13.7. The number of rotatable bonds is 6. The van der Waals surface area contributed by atoms with Crippen LogP contribution in [0.15, 0.2) is 0 Å². The molecule has 21 heavy (non-hydrogen) atoms. The third kappa shape index (κ3) is 4.96. The predicted octanol–water partition coefficient (Wildman–Crippen LogP) is 2.09. The Labute approximate surface area is 130 Å². The Morgan fingerprint density at radius 2 is 1.90 bits per heavy atom. The van der Waals surface area contributed by atoms with Crippen LogP contribution in [0.25, 0.3) is 0 Å². The predicted molar refractivity (Wildman–Crippen MR) is 87.0 cm³/mol. The lowest BCUT2D eigenvalue weighted by molar-refractivity contribution is -0.136. The fourth-order valence-electron chi connectivity index (χ4n) is 3.82. The van der Waals surface area contributed by atoms with E-state index in [1.807, 2.05) is 0 Å². The van der Waals surface area contributed by atoms with Gasteiger partial charge in [-0.1, -0.05) is 19.8 Å². The summed E-state index contributed by atoms with van der Waals surface area (Å²) in [6.45, 7) is 8.31. The molecule has 0 spiro atoms. The first-order chi connectivity index (χ1) is 10.2. The lowest BCUT2D eigenvalue weighted by Crippen LogP contribution is -2.39. The summed E-state index contributed by atoms with van der Waals surface area (Å²) in [6.07, 6.45) is 8.32. The van der Waals surface area contributed by atoms with Gasteiger partial charge < -0.3 is 15.5 Å².